The molecule has 74 heavy (non-hydrogen) atoms. The Morgan fingerprint density at radius 3 is 1.12 bits per heavy atom. The summed E-state index contributed by atoms with van der Waals surface area (Å²) in [5.41, 5.74) is 18.8. The Balaban J connectivity index is 0.973. The predicted octanol–water partition coefficient (Wildman–Crippen LogP) is 14.1. The summed E-state index contributed by atoms with van der Waals surface area (Å²) >= 11 is 3.69. The van der Waals surface area contributed by atoms with Gasteiger partial charge < -0.3 is 19.3 Å². The van der Waals surface area contributed by atoms with E-state index in [1.165, 1.54) is 52.4 Å². The van der Waals surface area contributed by atoms with Crippen LogP contribution >= 0.6 is 23.5 Å². The SMILES string of the molecule is c1ccc(-c2ccccc2Oc2cc3c4c(c2)N(c2ccccc2)c2cc5c(cc2B4c2ccccc2S3)B2c3ccccc3Sc3cc(Oc4ccccc4-c4ccccc4)cc(c32)N5c2ccccc2)cc1. The van der Waals surface area contributed by atoms with Crippen molar-refractivity contribution >= 4 is 104 Å². The summed E-state index contributed by atoms with van der Waals surface area (Å²) < 4.78 is 14.2. The fourth-order valence-electron chi connectivity index (χ4n) is 11.7. The lowest BCUT2D eigenvalue weighted by Gasteiger charge is -2.44. The molecule has 0 saturated carbocycles. The lowest BCUT2D eigenvalue weighted by atomic mass is 9.31. The molecule has 4 aliphatic heterocycles. The largest absolute Gasteiger partial charge is 0.457 e. The summed E-state index contributed by atoms with van der Waals surface area (Å²) in [5, 5.41) is 0. The second-order valence-corrected chi connectivity index (χ2v) is 21.3. The van der Waals surface area contributed by atoms with Gasteiger partial charge in [0.25, 0.3) is 0 Å². The number of rotatable bonds is 8. The average Bonchev–Trinajstić information content (AvgIpc) is 3.46. The van der Waals surface area contributed by atoms with Gasteiger partial charge in [0.05, 0.1) is 0 Å². The molecule has 4 nitrogen and oxygen atoms in total. The van der Waals surface area contributed by atoms with Crippen LogP contribution in [0.3, 0.4) is 0 Å². The monoisotopic (exact) mass is 980 g/mol. The van der Waals surface area contributed by atoms with Crippen LogP contribution in [0.2, 0.25) is 0 Å². The van der Waals surface area contributed by atoms with Crippen LogP contribution in [-0.4, -0.2) is 13.4 Å². The van der Waals surface area contributed by atoms with Gasteiger partial charge in [-0.25, -0.2) is 0 Å². The van der Waals surface area contributed by atoms with Crippen LogP contribution in [0, 0.1) is 0 Å². The fraction of sp³-hybridized carbons (Fsp3) is 0. The fourth-order valence-corrected chi connectivity index (χ4v) is 14.1. The van der Waals surface area contributed by atoms with E-state index >= 15 is 0 Å². The van der Waals surface area contributed by atoms with Crippen LogP contribution in [0.4, 0.5) is 34.1 Å². The zero-order valence-electron chi connectivity index (χ0n) is 39.9. The van der Waals surface area contributed by atoms with Crippen LogP contribution in [0.15, 0.2) is 274 Å². The van der Waals surface area contributed by atoms with Gasteiger partial charge in [-0.15, -0.1) is 0 Å². The molecule has 0 unspecified atom stereocenters. The molecule has 4 heterocycles. The first kappa shape index (κ1) is 43.1. The van der Waals surface area contributed by atoms with E-state index in [2.05, 4.69) is 265 Å². The highest BCUT2D eigenvalue weighted by Crippen LogP contribution is 2.49. The molecule has 0 fully saturated rings. The standard InChI is InChI=1S/C66H42B2N2O2S2/c1-5-21-43(22-6-1)49-29-13-17-33-59(49)71-47-37-57-65-63(39-47)73-61-35-19-15-31-51(61)67(65)53-41-54-56(42-55(53)69(57)45-25-9-3-10-26-45)70(46-27-11-4-12-28-46)58-38-48(40-64-66(58)68(54)52-32-16-20-36-62(52)74-64)72-60-34-18-14-30-50(60)44-23-7-2-8-24-44/h1-42H. The maximum atomic E-state index is 7.10. The normalized spacial score (nSPS) is 13.2. The molecule has 0 radical (unpaired) electrons. The summed E-state index contributed by atoms with van der Waals surface area (Å²) in [4.78, 5) is 9.89. The summed E-state index contributed by atoms with van der Waals surface area (Å²) in [6, 6.07) is 91.7. The maximum Gasteiger partial charge on any atom is 0.249 e. The molecule has 4 aliphatic rings. The Kier molecular flexibility index (Phi) is 10.2. The van der Waals surface area contributed by atoms with Gasteiger partial charge in [-0.1, -0.05) is 210 Å². The quantitative estimate of drug-likeness (QED) is 0.141. The van der Waals surface area contributed by atoms with Gasteiger partial charge >= 0.3 is 0 Å². The number of anilines is 6. The Bertz CT molecular complexity index is 3750. The van der Waals surface area contributed by atoms with Gasteiger partial charge in [0, 0.05) is 77.0 Å². The molecule has 11 aromatic rings. The van der Waals surface area contributed by atoms with Crippen LogP contribution in [0.25, 0.3) is 22.3 Å². The maximum absolute atomic E-state index is 7.10. The smallest absolute Gasteiger partial charge is 0.249 e. The van der Waals surface area contributed by atoms with Gasteiger partial charge in [-0.05, 0) is 99.7 Å². The molecule has 346 valence electrons. The molecule has 0 amide bonds. The van der Waals surface area contributed by atoms with E-state index in [0.29, 0.717) is 0 Å². The minimum absolute atomic E-state index is 0.0388. The van der Waals surface area contributed by atoms with E-state index in [1.54, 1.807) is 0 Å². The van der Waals surface area contributed by atoms with Gasteiger partial charge in [-0.2, -0.15) is 0 Å². The molecule has 11 aromatic carbocycles. The highest BCUT2D eigenvalue weighted by molar-refractivity contribution is 8.00. The van der Waals surface area contributed by atoms with Crippen molar-refractivity contribution in [3.05, 3.63) is 255 Å². The third kappa shape index (κ3) is 7.04. The molecular weight excluding hydrogens is 938 g/mol. The van der Waals surface area contributed by atoms with Crippen molar-refractivity contribution in [3.8, 4) is 45.3 Å². The Labute approximate surface area is 440 Å². The van der Waals surface area contributed by atoms with Crippen molar-refractivity contribution in [2.45, 2.75) is 19.6 Å². The Hall–Kier alpha value is -8.55. The van der Waals surface area contributed by atoms with Crippen molar-refractivity contribution in [3.63, 3.8) is 0 Å². The first-order chi connectivity index (χ1) is 36.7. The first-order valence-corrected chi connectivity index (χ1v) is 26.8. The van der Waals surface area contributed by atoms with Crippen molar-refractivity contribution in [1.82, 2.24) is 0 Å². The van der Waals surface area contributed by atoms with Gasteiger partial charge in [0.1, 0.15) is 23.0 Å². The van der Waals surface area contributed by atoms with Crippen molar-refractivity contribution in [1.29, 1.82) is 0 Å². The van der Waals surface area contributed by atoms with E-state index in [4.69, 9.17) is 9.47 Å². The van der Waals surface area contributed by atoms with Crippen LogP contribution < -0.4 is 52.1 Å². The molecular formula is C66H42B2N2O2S2. The molecule has 0 atom stereocenters. The second kappa shape index (κ2) is 17.6. The number of para-hydroxylation sites is 4. The number of benzene rings is 11. The number of nitrogens with zero attached hydrogens (tertiary/aromatic N) is 2. The van der Waals surface area contributed by atoms with E-state index in [-0.39, 0.29) is 13.4 Å². The van der Waals surface area contributed by atoms with Gasteiger partial charge in [-0.3, -0.25) is 0 Å². The van der Waals surface area contributed by atoms with Crippen molar-refractivity contribution in [2.24, 2.45) is 0 Å². The Morgan fingerprint density at radius 2 is 0.676 bits per heavy atom. The van der Waals surface area contributed by atoms with E-state index < -0.39 is 0 Å². The zero-order valence-corrected chi connectivity index (χ0v) is 41.6. The molecule has 15 rings (SSSR count). The predicted molar refractivity (Wildman–Crippen MR) is 310 cm³/mol. The molecule has 0 spiro atoms. The lowest BCUT2D eigenvalue weighted by molar-refractivity contribution is 0.483. The summed E-state index contributed by atoms with van der Waals surface area (Å²) in [7, 11) is 0. The molecule has 8 heteroatoms. The summed E-state index contributed by atoms with van der Waals surface area (Å²) in [6.45, 7) is -0.0776. The van der Waals surface area contributed by atoms with Crippen LogP contribution in [0.1, 0.15) is 0 Å². The zero-order chi connectivity index (χ0) is 48.7. The third-order valence-electron chi connectivity index (χ3n) is 14.9. The molecule has 0 saturated heterocycles. The van der Waals surface area contributed by atoms with Crippen molar-refractivity contribution in [2.75, 3.05) is 9.80 Å². The first-order valence-electron chi connectivity index (χ1n) is 25.1. The average molecular weight is 981 g/mol. The molecule has 0 N–H and O–H groups in total. The van der Waals surface area contributed by atoms with E-state index in [1.807, 2.05) is 23.5 Å². The topological polar surface area (TPSA) is 24.9 Å². The number of hydrogen-bond acceptors (Lipinski definition) is 6. The third-order valence-corrected chi connectivity index (χ3v) is 17.2. The van der Waals surface area contributed by atoms with Gasteiger partial charge in [0.2, 0.25) is 13.4 Å². The van der Waals surface area contributed by atoms with Gasteiger partial charge in [0.15, 0.2) is 0 Å². The molecule has 0 bridgehead atoms. The highest BCUT2D eigenvalue weighted by atomic mass is 32.2. The number of hydrogen-bond donors (Lipinski definition) is 0. The Morgan fingerprint density at radius 1 is 0.297 bits per heavy atom. The van der Waals surface area contributed by atoms with Crippen LogP contribution in [-0.2, 0) is 0 Å². The second-order valence-electron chi connectivity index (χ2n) is 19.1. The minimum Gasteiger partial charge on any atom is -0.457 e. The minimum atomic E-state index is -0.0388. The number of ether oxygens (including phenoxy) is 2. The summed E-state index contributed by atoms with van der Waals surface area (Å²) in [6.07, 6.45) is 0. The van der Waals surface area contributed by atoms with Crippen LogP contribution in [0.5, 0.6) is 23.0 Å². The lowest BCUT2D eigenvalue weighted by Crippen LogP contribution is -2.64. The number of fused-ring (bicyclic) bond motifs is 8. The van der Waals surface area contributed by atoms with E-state index in [9.17, 15) is 0 Å². The summed E-state index contributed by atoms with van der Waals surface area (Å²) in [5.74, 6) is 3.21. The molecule has 0 aromatic heterocycles. The highest BCUT2D eigenvalue weighted by Gasteiger charge is 2.46. The van der Waals surface area contributed by atoms with E-state index in [0.717, 1.165) is 79.4 Å². The van der Waals surface area contributed by atoms with Crippen molar-refractivity contribution < 1.29 is 9.47 Å². The molecule has 0 aliphatic carbocycles.